The normalized spacial score (nSPS) is 14.8. The van der Waals surface area contributed by atoms with Gasteiger partial charge in [-0.2, -0.15) is 0 Å². The summed E-state index contributed by atoms with van der Waals surface area (Å²) >= 11 is 4.45. The fraction of sp³-hybridized carbons (Fsp3) is 0.0526. The number of amides is 2. The van der Waals surface area contributed by atoms with Gasteiger partial charge in [0.2, 0.25) is 0 Å². The molecular formula is C19H13BrN2O2S. The van der Waals surface area contributed by atoms with Crippen molar-refractivity contribution in [1.82, 2.24) is 4.57 Å². The minimum Gasteiger partial charge on any atom is -0.343 e. The molecule has 2 heterocycles. The van der Waals surface area contributed by atoms with Gasteiger partial charge in [0.15, 0.2) is 0 Å². The zero-order chi connectivity index (χ0) is 17.6. The van der Waals surface area contributed by atoms with Gasteiger partial charge in [-0.15, -0.1) is 0 Å². The number of rotatable bonds is 3. The Morgan fingerprint density at radius 1 is 1.04 bits per heavy atom. The molecule has 2 amide bonds. The number of hydrogen-bond donors (Lipinski definition) is 0. The van der Waals surface area contributed by atoms with Crippen LogP contribution in [-0.2, 0) is 11.3 Å². The molecule has 124 valence electrons. The summed E-state index contributed by atoms with van der Waals surface area (Å²) in [6.45, 7) is 4.34. The molecule has 4 rings (SSSR count). The molecule has 0 radical (unpaired) electrons. The summed E-state index contributed by atoms with van der Waals surface area (Å²) in [4.78, 5) is 25.9. The number of nitrogens with zero attached hydrogens (tertiary/aromatic N) is 2. The van der Waals surface area contributed by atoms with Crippen LogP contribution in [-0.4, -0.2) is 15.7 Å². The summed E-state index contributed by atoms with van der Waals surface area (Å²) in [5.41, 5.74) is 2.73. The standard InChI is InChI=1S/C19H13BrN2O2S/c1-12-18(23)22(19(24)25-12)17-8-4-7-16-14(17)9-10-21(16)11-13-5-2-3-6-15(13)20/h2-10H,1,11H2. The fourth-order valence-electron chi connectivity index (χ4n) is 2.96. The van der Waals surface area contributed by atoms with Crippen molar-refractivity contribution >= 4 is 55.4 Å². The number of imide groups is 1. The van der Waals surface area contributed by atoms with Gasteiger partial charge >= 0.3 is 0 Å². The summed E-state index contributed by atoms with van der Waals surface area (Å²) in [6, 6.07) is 15.6. The van der Waals surface area contributed by atoms with Gasteiger partial charge < -0.3 is 4.57 Å². The number of carbonyl (C=O) groups is 2. The highest BCUT2D eigenvalue weighted by molar-refractivity contribution is 9.10. The molecule has 0 saturated carbocycles. The summed E-state index contributed by atoms with van der Waals surface area (Å²) < 4.78 is 3.15. The van der Waals surface area contributed by atoms with Gasteiger partial charge in [-0.05, 0) is 41.6 Å². The maximum atomic E-state index is 12.3. The number of fused-ring (bicyclic) bond motifs is 1. The maximum absolute atomic E-state index is 12.3. The third-order valence-corrected chi connectivity index (χ3v) is 5.72. The van der Waals surface area contributed by atoms with E-state index < -0.39 is 0 Å². The Kier molecular flexibility index (Phi) is 4.01. The molecule has 1 aliphatic rings. The predicted octanol–water partition coefficient (Wildman–Crippen LogP) is 5.17. The molecule has 1 aliphatic heterocycles. The Morgan fingerprint density at radius 3 is 2.56 bits per heavy atom. The Labute approximate surface area is 157 Å². The second kappa shape index (κ2) is 6.20. The van der Waals surface area contributed by atoms with Gasteiger partial charge in [-0.3, -0.25) is 9.59 Å². The highest BCUT2D eigenvalue weighted by Gasteiger charge is 2.36. The molecule has 0 unspecified atom stereocenters. The zero-order valence-corrected chi connectivity index (χ0v) is 15.5. The number of benzene rings is 2. The highest BCUT2D eigenvalue weighted by Crippen LogP contribution is 2.37. The first-order chi connectivity index (χ1) is 12.1. The number of carbonyl (C=O) groups excluding carboxylic acids is 2. The Hall–Kier alpha value is -2.31. The first-order valence-corrected chi connectivity index (χ1v) is 9.23. The first kappa shape index (κ1) is 16.2. The van der Waals surface area contributed by atoms with Gasteiger partial charge in [0.25, 0.3) is 11.1 Å². The lowest BCUT2D eigenvalue weighted by Gasteiger charge is -2.14. The number of halogens is 1. The van der Waals surface area contributed by atoms with Crippen LogP contribution in [0.3, 0.4) is 0 Å². The molecule has 6 heteroatoms. The van der Waals surface area contributed by atoms with Crippen molar-refractivity contribution in [3.05, 3.63) is 76.2 Å². The third-order valence-electron chi connectivity index (χ3n) is 4.16. The van der Waals surface area contributed by atoms with E-state index in [4.69, 9.17) is 0 Å². The van der Waals surface area contributed by atoms with Crippen LogP contribution in [0.2, 0.25) is 0 Å². The largest absolute Gasteiger partial charge is 0.343 e. The van der Waals surface area contributed by atoms with Crippen LogP contribution in [0.25, 0.3) is 10.9 Å². The SMILES string of the molecule is C=C1SC(=O)N(c2cccc3c2ccn3Cc2ccccc2Br)C1=O. The summed E-state index contributed by atoms with van der Waals surface area (Å²) in [6.07, 6.45) is 1.97. The van der Waals surface area contributed by atoms with Crippen molar-refractivity contribution < 1.29 is 9.59 Å². The van der Waals surface area contributed by atoms with Crippen LogP contribution in [0.4, 0.5) is 10.5 Å². The smallest absolute Gasteiger partial charge is 0.298 e. The molecule has 1 aromatic heterocycles. The number of anilines is 1. The molecular weight excluding hydrogens is 400 g/mol. The summed E-state index contributed by atoms with van der Waals surface area (Å²) in [5.74, 6) is -0.346. The van der Waals surface area contributed by atoms with Crippen LogP contribution in [0.1, 0.15) is 5.56 Å². The Balaban J connectivity index is 1.79. The Bertz CT molecular complexity index is 1040. The molecule has 3 aromatic rings. The monoisotopic (exact) mass is 412 g/mol. The first-order valence-electron chi connectivity index (χ1n) is 7.62. The second-order valence-corrected chi connectivity index (χ2v) is 7.58. The van der Waals surface area contributed by atoms with E-state index in [0.717, 1.165) is 32.7 Å². The van der Waals surface area contributed by atoms with E-state index in [1.807, 2.05) is 42.6 Å². The quantitative estimate of drug-likeness (QED) is 0.557. The number of aromatic nitrogens is 1. The fourth-order valence-corrected chi connectivity index (χ4v) is 4.03. The maximum Gasteiger partial charge on any atom is 0.298 e. The molecule has 0 bridgehead atoms. The van der Waals surface area contributed by atoms with E-state index in [2.05, 4.69) is 33.1 Å². The van der Waals surface area contributed by atoms with Crippen molar-refractivity contribution in [2.45, 2.75) is 6.54 Å². The summed E-state index contributed by atoms with van der Waals surface area (Å²) in [7, 11) is 0. The van der Waals surface area contributed by atoms with E-state index >= 15 is 0 Å². The lowest BCUT2D eigenvalue weighted by atomic mass is 10.2. The second-order valence-electron chi connectivity index (χ2n) is 5.68. The molecule has 0 spiro atoms. The van der Waals surface area contributed by atoms with Crippen LogP contribution in [0, 0.1) is 0 Å². The average molecular weight is 413 g/mol. The van der Waals surface area contributed by atoms with E-state index in [1.54, 1.807) is 6.07 Å². The van der Waals surface area contributed by atoms with Gasteiger partial charge in [0, 0.05) is 22.6 Å². The molecule has 1 saturated heterocycles. The van der Waals surface area contributed by atoms with E-state index in [-0.39, 0.29) is 16.1 Å². The number of hydrogen-bond acceptors (Lipinski definition) is 3. The minimum absolute atomic E-state index is 0.259. The van der Waals surface area contributed by atoms with Crippen molar-refractivity contribution in [3.8, 4) is 0 Å². The average Bonchev–Trinajstić information content (AvgIpc) is 3.11. The van der Waals surface area contributed by atoms with Gasteiger partial charge in [0.05, 0.1) is 16.1 Å². The lowest BCUT2D eigenvalue weighted by molar-refractivity contribution is -0.113. The van der Waals surface area contributed by atoms with E-state index in [9.17, 15) is 9.59 Å². The van der Waals surface area contributed by atoms with Crippen LogP contribution >= 0.6 is 27.7 Å². The van der Waals surface area contributed by atoms with Gasteiger partial charge in [-0.1, -0.05) is 46.8 Å². The highest BCUT2D eigenvalue weighted by atomic mass is 79.9. The van der Waals surface area contributed by atoms with Crippen molar-refractivity contribution in [1.29, 1.82) is 0 Å². The molecule has 0 aliphatic carbocycles. The topological polar surface area (TPSA) is 42.3 Å². The number of thioether (sulfide) groups is 1. The third kappa shape index (κ3) is 2.71. The van der Waals surface area contributed by atoms with Crippen molar-refractivity contribution in [2.24, 2.45) is 0 Å². The van der Waals surface area contributed by atoms with E-state index in [0.29, 0.717) is 12.2 Å². The van der Waals surface area contributed by atoms with Crippen LogP contribution in [0.15, 0.2) is 70.7 Å². The Morgan fingerprint density at radius 2 is 1.84 bits per heavy atom. The van der Waals surface area contributed by atoms with Crippen molar-refractivity contribution in [3.63, 3.8) is 0 Å². The molecule has 1 fully saturated rings. The molecule has 25 heavy (non-hydrogen) atoms. The predicted molar refractivity (Wildman–Crippen MR) is 105 cm³/mol. The molecule has 0 atom stereocenters. The van der Waals surface area contributed by atoms with Gasteiger partial charge in [-0.25, -0.2) is 4.90 Å². The minimum atomic E-state index is -0.346. The summed E-state index contributed by atoms with van der Waals surface area (Å²) in [5, 5.41) is 0.563. The zero-order valence-electron chi connectivity index (χ0n) is 13.1. The molecule has 0 N–H and O–H groups in total. The molecule has 4 nitrogen and oxygen atoms in total. The van der Waals surface area contributed by atoms with E-state index in [1.165, 1.54) is 4.90 Å². The van der Waals surface area contributed by atoms with Crippen LogP contribution in [0.5, 0.6) is 0 Å². The van der Waals surface area contributed by atoms with Gasteiger partial charge in [0.1, 0.15) is 0 Å². The van der Waals surface area contributed by atoms with Crippen molar-refractivity contribution in [2.75, 3.05) is 4.90 Å². The molecule has 2 aromatic carbocycles. The van der Waals surface area contributed by atoms with Crippen LogP contribution < -0.4 is 4.90 Å². The lowest BCUT2D eigenvalue weighted by Crippen LogP contribution is -2.27.